The van der Waals surface area contributed by atoms with Crippen molar-refractivity contribution in [2.75, 3.05) is 50.9 Å². The molecule has 0 amide bonds. The number of nitrogens with zero attached hydrogens (tertiary/aromatic N) is 6. The number of nitrogens with two attached hydrogens (primary N) is 2. The van der Waals surface area contributed by atoms with Crippen LogP contribution in [0.3, 0.4) is 0 Å². The first-order valence-electron chi connectivity index (χ1n) is 20.9. The summed E-state index contributed by atoms with van der Waals surface area (Å²) >= 11 is 0. The number of halogens is 2. The summed E-state index contributed by atoms with van der Waals surface area (Å²) in [6.45, 7) is 6.51. The molecule has 2 aromatic carbocycles. The van der Waals surface area contributed by atoms with Crippen LogP contribution in [0.5, 0.6) is 12.0 Å². The number of unbranched alkanes of at least 4 members (excludes halogenated alkanes) is 2. The van der Waals surface area contributed by atoms with E-state index >= 15 is 0 Å². The molecule has 14 nitrogen and oxygen atoms in total. The topological polar surface area (TPSA) is 201 Å². The molecule has 0 aliphatic carbocycles. The zero-order valence-corrected chi connectivity index (χ0v) is 33.9. The number of nitrogen functional groups attached to an aromatic ring is 2. The van der Waals surface area contributed by atoms with Crippen LogP contribution in [-0.2, 0) is 13.1 Å². The van der Waals surface area contributed by atoms with Crippen LogP contribution >= 0.6 is 0 Å². The second kappa shape index (κ2) is 18.1. The third kappa shape index (κ3) is 9.46. The Hall–Kier alpha value is -5.42. The largest absolute Gasteiger partial charge is 0.463 e. The molecule has 60 heavy (non-hydrogen) atoms. The van der Waals surface area contributed by atoms with E-state index in [0.29, 0.717) is 71.0 Å². The van der Waals surface area contributed by atoms with Crippen LogP contribution in [0.25, 0.3) is 22.1 Å². The molecule has 16 heteroatoms. The van der Waals surface area contributed by atoms with Crippen molar-refractivity contribution in [2.24, 2.45) is 5.92 Å². The lowest BCUT2D eigenvalue weighted by Gasteiger charge is -2.17. The minimum atomic E-state index is -2.63. The van der Waals surface area contributed by atoms with E-state index in [0.717, 1.165) is 69.3 Å². The average Bonchev–Trinajstić information content (AvgIpc) is 4.05. The molecular formula is C44H54F2N10O4. The summed E-state index contributed by atoms with van der Waals surface area (Å²) in [5, 5.41) is 22.6. The smallest absolute Gasteiger partial charge is 0.319 e. The maximum atomic E-state index is 13.6. The average molecular weight is 825 g/mol. The van der Waals surface area contributed by atoms with Gasteiger partial charge in [0.25, 0.3) is 5.92 Å². The Labute approximate surface area is 347 Å². The van der Waals surface area contributed by atoms with E-state index in [1.54, 1.807) is 17.3 Å². The second-order valence-electron chi connectivity index (χ2n) is 16.3. The first-order chi connectivity index (χ1) is 29.0. The number of fused-ring (bicyclic) bond motifs is 2. The van der Waals surface area contributed by atoms with Gasteiger partial charge in [-0.15, -0.1) is 0 Å². The van der Waals surface area contributed by atoms with Crippen molar-refractivity contribution in [3.63, 3.8) is 0 Å². The predicted molar refractivity (Wildman–Crippen MR) is 226 cm³/mol. The van der Waals surface area contributed by atoms with Crippen molar-refractivity contribution in [1.82, 2.24) is 39.7 Å². The van der Waals surface area contributed by atoms with Crippen LogP contribution < -0.4 is 20.9 Å². The summed E-state index contributed by atoms with van der Waals surface area (Å²) in [6.07, 6.45) is 7.37. The van der Waals surface area contributed by atoms with Crippen LogP contribution in [0.1, 0.15) is 97.5 Å². The van der Waals surface area contributed by atoms with Crippen LogP contribution in [0.2, 0.25) is 0 Å². The Balaban J connectivity index is 0.785. The normalized spacial score (nSPS) is 18.1. The molecule has 0 spiro atoms. The van der Waals surface area contributed by atoms with E-state index in [-0.39, 0.29) is 36.6 Å². The van der Waals surface area contributed by atoms with Gasteiger partial charge in [-0.25, -0.2) is 8.78 Å². The molecular weight excluding hydrogens is 771 g/mol. The summed E-state index contributed by atoms with van der Waals surface area (Å²) in [5.41, 5.74) is 19.2. The minimum absolute atomic E-state index is 0.117. The molecule has 3 unspecified atom stereocenters. The Bertz CT molecular complexity index is 2370. The number of H-pyrrole nitrogens is 2. The molecule has 2 aliphatic rings. The van der Waals surface area contributed by atoms with E-state index in [4.69, 9.17) is 20.9 Å². The molecule has 2 aliphatic heterocycles. The summed E-state index contributed by atoms with van der Waals surface area (Å²) in [4.78, 5) is 28.2. The fourth-order valence-corrected chi connectivity index (χ4v) is 8.33. The highest BCUT2D eigenvalue weighted by molar-refractivity contribution is 5.89. The van der Waals surface area contributed by atoms with Crippen molar-refractivity contribution in [1.29, 1.82) is 0 Å². The molecule has 6 heterocycles. The second-order valence-corrected chi connectivity index (χ2v) is 16.3. The Morgan fingerprint density at radius 1 is 0.750 bits per heavy atom. The van der Waals surface area contributed by atoms with E-state index in [1.165, 1.54) is 5.56 Å². The lowest BCUT2D eigenvalue weighted by atomic mass is 10.0. The summed E-state index contributed by atoms with van der Waals surface area (Å²) in [7, 11) is 0. The number of ether oxygens (including phenoxy) is 2. The molecule has 8 N–H and O–H groups in total. The summed E-state index contributed by atoms with van der Waals surface area (Å²) in [5.74, 6) is -1.51. The number of aliphatic hydroxyl groups excluding tert-OH is 2. The fourth-order valence-electron chi connectivity index (χ4n) is 8.33. The van der Waals surface area contributed by atoms with Crippen LogP contribution in [0.15, 0.2) is 60.9 Å². The third-order valence-corrected chi connectivity index (χ3v) is 11.7. The minimum Gasteiger partial charge on any atom is -0.463 e. The molecule has 2 saturated heterocycles. The molecule has 8 rings (SSSR count). The van der Waals surface area contributed by atoms with E-state index in [9.17, 15) is 19.0 Å². The molecule has 6 aromatic rings. The number of benzene rings is 2. The van der Waals surface area contributed by atoms with Crippen molar-refractivity contribution < 1.29 is 28.5 Å². The number of likely N-dealkylation sites (tertiary alicyclic amines) is 2. The highest BCUT2D eigenvalue weighted by atomic mass is 19.3. The predicted octanol–water partition coefficient (Wildman–Crippen LogP) is 6.65. The number of rotatable bonds is 18. The molecule has 0 radical (unpaired) electrons. The van der Waals surface area contributed by atoms with Gasteiger partial charge in [-0.3, -0.25) is 9.80 Å². The van der Waals surface area contributed by atoms with Gasteiger partial charge in [0.15, 0.2) is 11.6 Å². The molecule has 3 atom stereocenters. The van der Waals surface area contributed by atoms with Gasteiger partial charge in [0.05, 0.1) is 19.8 Å². The summed E-state index contributed by atoms with van der Waals surface area (Å²) in [6, 6.07) is 15.8. The van der Waals surface area contributed by atoms with Gasteiger partial charge in [-0.2, -0.15) is 19.9 Å². The van der Waals surface area contributed by atoms with Gasteiger partial charge >= 0.3 is 12.0 Å². The van der Waals surface area contributed by atoms with E-state index < -0.39 is 18.1 Å². The van der Waals surface area contributed by atoms with Crippen LogP contribution in [0.4, 0.5) is 20.4 Å². The number of aromatic amines is 2. The zero-order valence-electron chi connectivity index (χ0n) is 33.9. The molecule has 4 aromatic heterocycles. The molecule has 0 saturated carbocycles. The van der Waals surface area contributed by atoms with Crippen LogP contribution in [-0.4, -0.2) is 95.2 Å². The highest BCUT2D eigenvalue weighted by Crippen LogP contribution is 2.34. The van der Waals surface area contributed by atoms with Gasteiger partial charge in [0, 0.05) is 56.1 Å². The fraction of sp³-hybridized carbons (Fsp3) is 0.455. The number of aliphatic hydroxyl groups is 2. The number of nitrogens with one attached hydrogen (secondary N) is 2. The van der Waals surface area contributed by atoms with Crippen molar-refractivity contribution >= 4 is 33.7 Å². The number of aromatic nitrogens is 6. The van der Waals surface area contributed by atoms with Crippen molar-refractivity contribution in [3.8, 4) is 12.0 Å². The van der Waals surface area contributed by atoms with Gasteiger partial charge in [0.2, 0.25) is 0 Å². The molecule has 0 bridgehead atoms. The third-order valence-electron chi connectivity index (χ3n) is 11.7. The van der Waals surface area contributed by atoms with Gasteiger partial charge in [0.1, 0.15) is 34.3 Å². The number of hydrogen-bond acceptors (Lipinski definition) is 12. The Morgan fingerprint density at radius 2 is 1.28 bits per heavy atom. The SMILES string of the molecule is CCCCOc1nc(N)c2[nH]cc(C(O)c3ccc(CN4CCC(CCCCOc5nc(N)c6[nH]cc(C(O)c7ccc(CN8CCC(F)(F)C8)cc7)c6n5)C4)cc3)c2n1. The van der Waals surface area contributed by atoms with Crippen molar-refractivity contribution in [2.45, 2.75) is 83.1 Å². The van der Waals surface area contributed by atoms with E-state index in [2.05, 4.69) is 53.9 Å². The first kappa shape index (κ1) is 41.3. The standard InChI is InChI=1S/C44H54F2N10O4/c1-2-3-19-59-42-51-34-32(21-49-36(34)40(47)53-42)38(57)30-11-7-28(8-12-30)24-55-17-15-27(23-55)6-4-5-20-60-43-52-35-33(22-50-37(35)41(48)54-43)39(58)31-13-9-29(10-14-31)25-56-18-16-44(45,46)26-56/h7-14,21-22,27,38-39,49-50,57-58H,2-6,15-20,23-26H2,1H3,(H2,47,51,53)(H2,48,52,54). The zero-order chi connectivity index (χ0) is 41.8. The Kier molecular flexibility index (Phi) is 12.4. The maximum Gasteiger partial charge on any atom is 0.319 e. The Morgan fingerprint density at radius 3 is 1.80 bits per heavy atom. The molecule has 2 fully saturated rings. The van der Waals surface area contributed by atoms with Crippen LogP contribution in [0, 0.1) is 5.92 Å². The number of anilines is 2. The maximum absolute atomic E-state index is 13.6. The summed E-state index contributed by atoms with van der Waals surface area (Å²) < 4.78 is 38.9. The monoisotopic (exact) mass is 824 g/mol. The number of hydrogen-bond donors (Lipinski definition) is 6. The van der Waals surface area contributed by atoms with Crippen molar-refractivity contribution in [3.05, 3.63) is 94.3 Å². The highest BCUT2D eigenvalue weighted by Gasteiger charge is 2.38. The number of alkyl halides is 2. The van der Waals surface area contributed by atoms with Gasteiger partial charge in [-0.1, -0.05) is 61.9 Å². The lowest BCUT2D eigenvalue weighted by molar-refractivity contribution is 0.0115. The van der Waals surface area contributed by atoms with Gasteiger partial charge < -0.3 is 41.1 Å². The van der Waals surface area contributed by atoms with Gasteiger partial charge in [-0.05, 0) is 66.8 Å². The lowest BCUT2D eigenvalue weighted by Crippen LogP contribution is -2.24. The molecule has 318 valence electrons. The quantitative estimate of drug-likeness (QED) is 0.0505. The first-order valence-corrected chi connectivity index (χ1v) is 20.9. The van der Waals surface area contributed by atoms with E-state index in [1.807, 2.05) is 36.4 Å².